The molecule has 1 atom stereocenters. The lowest BCUT2D eigenvalue weighted by Crippen LogP contribution is -2.52. The van der Waals surface area contributed by atoms with Gasteiger partial charge >= 0.3 is 0 Å². The maximum absolute atomic E-state index is 12.6. The fraction of sp³-hybridized carbons (Fsp3) is 0.500. The summed E-state index contributed by atoms with van der Waals surface area (Å²) in [6.07, 6.45) is 0. The van der Waals surface area contributed by atoms with Gasteiger partial charge in [0.2, 0.25) is 17.1 Å². The van der Waals surface area contributed by atoms with Crippen LogP contribution in [-0.4, -0.2) is 22.1 Å². The number of ether oxygens (including phenoxy) is 2. The van der Waals surface area contributed by atoms with E-state index in [1.807, 2.05) is 41.5 Å². The molecular weight excluding hydrogens is 316 g/mol. The molecule has 0 aromatic heterocycles. The molecule has 1 aromatic carbocycles. The van der Waals surface area contributed by atoms with Crippen molar-refractivity contribution in [3.63, 3.8) is 0 Å². The third-order valence-electron chi connectivity index (χ3n) is 3.15. The van der Waals surface area contributed by atoms with Gasteiger partial charge in [0.1, 0.15) is 11.2 Å². The van der Waals surface area contributed by atoms with Gasteiger partial charge in [-0.3, -0.25) is 4.79 Å². The van der Waals surface area contributed by atoms with Gasteiger partial charge in [-0.1, -0.05) is 23.7 Å². The summed E-state index contributed by atoms with van der Waals surface area (Å²) >= 11 is 5.88. The number of carbonyl (C=O) groups excluding carboxylic acids is 1. The van der Waals surface area contributed by atoms with Gasteiger partial charge in [-0.15, -0.1) is 0 Å². The summed E-state index contributed by atoms with van der Waals surface area (Å²) in [6.45, 7) is 11.0. The first-order valence-corrected chi connectivity index (χ1v) is 7.88. The Morgan fingerprint density at radius 2 is 1.43 bits per heavy atom. The van der Waals surface area contributed by atoms with Crippen molar-refractivity contribution >= 4 is 17.4 Å². The molecule has 1 unspecified atom stereocenters. The average Bonchev–Trinajstić information content (AvgIpc) is 2.40. The fourth-order valence-corrected chi connectivity index (χ4v) is 2.38. The van der Waals surface area contributed by atoms with Crippen LogP contribution in [0.15, 0.2) is 35.8 Å². The highest BCUT2D eigenvalue weighted by Gasteiger charge is 2.59. The normalized spacial score (nSPS) is 22.0. The zero-order chi connectivity index (χ0) is 17.6. The topological polar surface area (TPSA) is 55.8 Å². The second kappa shape index (κ2) is 5.53. The van der Waals surface area contributed by atoms with E-state index in [-0.39, 0.29) is 11.5 Å². The number of aliphatic hydroxyl groups is 1. The monoisotopic (exact) mass is 338 g/mol. The Hall–Kier alpha value is -1.52. The molecule has 0 amide bonds. The minimum absolute atomic E-state index is 0.0740. The van der Waals surface area contributed by atoms with Crippen LogP contribution in [0.25, 0.3) is 0 Å². The molecule has 0 saturated carbocycles. The number of hydrogen-bond donors (Lipinski definition) is 1. The van der Waals surface area contributed by atoms with Crippen molar-refractivity contribution in [1.29, 1.82) is 0 Å². The first-order valence-electron chi connectivity index (χ1n) is 7.50. The quantitative estimate of drug-likeness (QED) is 0.906. The van der Waals surface area contributed by atoms with E-state index in [9.17, 15) is 9.90 Å². The molecule has 126 valence electrons. The van der Waals surface area contributed by atoms with E-state index in [1.54, 1.807) is 24.3 Å². The molecular formula is C18H23ClO4. The summed E-state index contributed by atoms with van der Waals surface area (Å²) in [5.74, 6) is -0.286. The second-order valence-electron chi connectivity index (χ2n) is 7.63. The predicted octanol–water partition coefficient (Wildman–Crippen LogP) is 3.95. The minimum Gasteiger partial charge on any atom is -0.485 e. The van der Waals surface area contributed by atoms with Crippen LogP contribution in [0.1, 0.15) is 47.1 Å². The minimum atomic E-state index is -1.83. The van der Waals surface area contributed by atoms with Crippen LogP contribution in [0.3, 0.4) is 0 Å². The lowest BCUT2D eigenvalue weighted by Gasteiger charge is -2.43. The van der Waals surface area contributed by atoms with Crippen LogP contribution < -0.4 is 0 Å². The third-order valence-corrected chi connectivity index (χ3v) is 3.40. The molecule has 0 spiro atoms. The molecule has 0 aliphatic heterocycles. The van der Waals surface area contributed by atoms with Crippen molar-refractivity contribution in [2.75, 3.05) is 0 Å². The molecule has 0 bridgehead atoms. The van der Waals surface area contributed by atoms with E-state index < -0.39 is 22.6 Å². The SMILES string of the molecule is CC(C)(C)OC1=C(OC(C)(C)C)C(O)(c2ccc(Cl)cc2)C1=O. The molecule has 0 fully saturated rings. The molecule has 2 rings (SSSR count). The molecule has 23 heavy (non-hydrogen) atoms. The number of rotatable bonds is 3. The van der Waals surface area contributed by atoms with Crippen molar-refractivity contribution in [3.05, 3.63) is 46.4 Å². The van der Waals surface area contributed by atoms with Gasteiger partial charge in [0.05, 0.1) is 0 Å². The number of carbonyl (C=O) groups is 1. The zero-order valence-electron chi connectivity index (χ0n) is 14.4. The van der Waals surface area contributed by atoms with Crippen molar-refractivity contribution in [1.82, 2.24) is 0 Å². The van der Waals surface area contributed by atoms with E-state index in [0.29, 0.717) is 10.6 Å². The predicted molar refractivity (Wildman–Crippen MR) is 89.1 cm³/mol. The van der Waals surface area contributed by atoms with Crippen LogP contribution in [0.5, 0.6) is 0 Å². The molecule has 1 aliphatic rings. The molecule has 0 radical (unpaired) electrons. The molecule has 0 saturated heterocycles. The largest absolute Gasteiger partial charge is 0.485 e. The summed E-state index contributed by atoms with van der Waals surface area (Å²) in [5, 5.41) is 11.5. The second-order valence-corrected chi connectivity index (χ2v) is 8.07. The van der Waals surface area contributed by atoms with E-state index in [1.165, 1.54) is 0 Å². The lowest BCUT2D eigenvalue weighted by atomic mass is 9.77. The van der Waals surface area contributed by atoms with Crippen LogP contribution in [-0.2, 0) is 19.9 Å². The molecule has 5 heteroatoms. The summed E-state index contributed by atoms with van der Waals surface area (Å²) in [4.78, 5) is 12.6. The first-order chi connectivity index (χ1) is 10.3. The van der Waals surface area contributed by atoms with Crippen molar-refractivity contribution < 1.29 is 19.4 Å². The summed E-state index contributed by atoms with van der Waals surface area (Å²) < 4.78 is 11.6. The molecule has 1 aliphatic carbocycles. The Balaban J connectivity index is 2.51. The van der Waals surface area contributed by atoms with Crippen molar-refractivity contribution in [2.45, 2.75) is 58.3 Å². The van der Waals surface area contributed by atoms with Gasteiger partial charge < -0.3 is 14.6 Å². The highest BCUT2D eigenvalue weighted by atomic mass is 35.5. The summed E-state index contributed by atoms with van der Waals surface area (Å²) in [6, 6.07) is 6.47. The molecule has 1 aromatic rings. The van der Waals surface area contributed by atoms with Gasteiger partial charge in [0, 0.05) is 5.02 Å². The number of ketones is 1. The Labute approximate surface area is 142 Å². The lowest BCUT2D eigenvalue weighted by molar-refractivity contribution is -0.158. The van der Waals surface area contributed by atoms with Crippen LogP contribution in [0.2, 0.25) is 5.02 Å². The Morgan fingerprint density at radius 1 is 0.957 bits per heavy atom. The van der Waals surface area contributed by atoms with Crippen LogP contribution in [0, 0.1) is 0 Å². The first kappa shape index (κ1) is 17.8. The highest BCUT2D eigenvalue weighted by molar-refractivity contribution is 6.30. The van der Waals surface area contributed by atoms with Crippen LogP contribution >= 0.6 is 11.6 Å². The van der Waals surface area contributed by atoms with E-state index in [2.05, 4.69) is 0 Å². The highest BCUT2D eigenvalue weighted by Crippen LogP contribution is 2.47. The Bertz CT molecular complexity index is 647. The van der Waals surface area contributed by atoms with Gasteiger partial charge in [0.25, 0.3) is 0 Å². The maximum atomic E-state index is 12.6. The van der Waals surface area contributed by atoms with Gasteiger partial charge in [-0.05, 0) is 59.2 Å². The van der Waals surface area contributed by atoms with E-state index in [0.717, 1.165) is 0 Å². The third kappa shape index (κ3) is 3.54. The van der Waals surface area contributed by atoms with Gasteiger partial charge in [-0.2, -0.15) is 0 Å². The maximum Gasteiger partial charge on any atom is 0.245 e. The van der Waals surface area contributed by atoms with Crippen molar-refractivity contribution in [3.8, 4) is 0 Å². The standard InChI is InChI=1S/C18H23ClO4/c1-16(2,3)22-13-14(20)18(21,15(13)23-17(4,5)6)11-7-9-12(19)10-8-11/h7-10,21H,1-6H3. The Kier molecular flexibility index (Phi) is 4.29. The smallest absolute Gasteiger partial charge is 0.245 e. The van der Waals surface area contributed by atoms with Crippen LogP contribution in [0.4, 0.5) is 0 Å². The van der Waals surface area contributed by atoms with Gasteiger partial charge in [-0.25, -0.2) is 0 Å². The molecule has 1 N–H and O–H groups in total. The number of halogens is 1. The number of Topliss-reactive ketones (excluding diaryl/α,β-unsaturated/α-hetero) is 1. The average molecular weight is 339 g/mol. The zero-order valence-corrected chi connectivity index (χ0v) is 15.1. The molecule has 4 nitrogen and oxygen atoms in total. The summed E-state index contributed by atoms with van der Waals surface area (Å²) in [7, 11) is 0. The Morgan fingerprint density at radius 3 is 1.87 bits per heavy atom. The molecule has 0 heterocycles. The fourth-order valence-electron chi connectivity index (χ4n) is 2.25. The van der Waals surface area contributed by atoms with E-state index >= 15 is 0 Å². The van der Waals surface area contributed by atoms with E-state index in [4.69, 9.17) is 21.1 Å². The summed E-state index contributed by atoms with van der Waals surface area (Å²) in [5.41, 5.74) is -2.58. The number of benzene rings is 1. The van der Waals surface area contributed by atoms with Crippen molar-refractivity contribution in [2.24, 2.45) is 0 Å². The van der Waals surface area contributed by atoms with Gasteiger partial charge in [0.15, 0.2) is 5.76 Å². The number of hydrogen-bond acceptors (Lipinski definition) is 4.